The van der Waals surface area contributed by atoms with Crippen LogP contribution in [0.25, 0.3) is 10.8 Å². The molecule has 1 N–H and O–H groups in total. The minimum absolute atomic E-state index is 0. The summed E-state index contributed by atoms with van der Waals surface area (Å²) in [7, 11) is 0. The fourth-order valence-corrected chi connectivity index (χ4v) is 3.06. The predicted molar refractivity (Wildman–Crippen MR) is 115 cm³/mol. The molecule has 27 heavy (non-hydrogen) atoms. The van der Waals surface area contributed by atoms with Gasteiger partial charge in [-0.05, 0) is 34.7 Å². The molecule has 0 fully saturated rings. The molecule has 4 aromatic carbocycles. The number of hydrogen-bond acceptors (Lipinski definition) is 2. The summed E-state index contributed by atoms with van der Waals surface area (Å²) in [6.45, 7) is 1.34. The van der Waals surface area contributed by atoms with Gasteiger partial charge in [0.15, 0.2) is 0 Å². The molecule has 0 aromatic heterocycles. The molecule has 0 aliphatic rings. The smallest absolute Gasteiger partial charge is 0.120 e. The van der Waals surface area contributed by atoms with E-state index in [1.807, 2.05) is 30.3 Å². The maximum atomic E-state index is 5.93. The Morgan fingerprint density at radius 3 is 2.26 bits per heavy atom. The molecular weight excluding hydrogens is 330 g/mol. The van der Waals surface area contributed by atoms with Crippen molar-refractivity contribution >= 4 is 16.5 Å². The van der Waals surface area contributed by atoms with Gasteiger partial charge in [-0.25, -0.2) is 0 Å². The number of nitrogens with one attached hydrogen (secondary N) is 1. The standard InChI is InChI=1S/C24H21NO.CH4/c1-2-8-19(9-3-1)18-26-22-13-6-10-20(16-22)17-25-24-15-7-12-21-11-4-5-14-23(21)24;/h1-16,25H,17-18H2;1H4. The van der Waals surface area contributed by atoms with Crippen LogP contribution in [0.15, 0.2) is 97.1 Å². The van der Waals surface area contributed by atoms with Gasteiger partial charge in [-0.2, -0.15) is 0 Å². The predicted octanol–water partition coefficient (Wildman–Crippen LogP) is 6.67. The third kappa shape index (κ3) is 4.68. The third-order valence-electron chi connectivity index (χ3n) is 4.42. The van der Waals surface area contributed by atoms with Crippen molar-refractivity contribution in [3.05, 3.63) is 108 Å². The second-order valence-corrected chi connectivity index (χ2v) is 6.30. The van der Waals surface area contributed by atoms with Gasteiger partial charge in [0.25, 0.3) is 0 Å². The molecule has 0 aliphatic carbocycles. The highest BCUT2D eigenvalue weighted by Crippen LogP contribution is 2.24. The Balaban J connectivity index is 0.00000210. The van der Waals surface area contributed by atoms with Crippen LogP contribution in [0.1, 0.15) is 18.6 Å². The van der Waals surface area contributed by atoms with Gasteiger partial charge >= 0.3 is 0 Å². The van der Waals surface area contributed by atoms with Crippen molar-refractivity contribution in [2.75, 3.05) is 5.32 Å². The van der Waals surface area contributed by atoms with Gasteiger partial charge in [0.1, 0.15) is 12.4 Å². The Kier molecular flexibility index (Phi) is 6.11. The molecule has 136 valence electrons. The van der Waals surface area contributed by atoms with E-state index < -0.39 is 0 Å². The van der Waals surface area contributed by atoms with Crippen LogP contribution in [0.2, 0.25) is 0 Å². The summed E-state index contributed by atoms with van der Waals surface area (Å²) in [5.74, 6) is 0.895. The van der Waals surface area contributed by atoms with Crippen molar-refractivity contribution in [3.8, 4) is 5.75 Å². The van der Waals surface area contributed by atoms with E-state index in [9.17, 15) is 0 Å². The number of benzene rings is 4. The van der Waals surface area contributed by atoms with Gasteiger partial charge in [-0.15, -0.1) is 0 Å². The molecule has 0 saturated carbocycles. The Labute approximate surface area is 161 Å². The lowest BCUT2D eigenvalue weighted by molar-refractivity contribution is 0.306. The first kappa shape index (κ1) is 18.5. The van der Waals surface area contributed by atoms with Crippen LogP contribution in [0.3, 0.4) is 0 Å². The van der Waals surface area contributed by atoms with E-state index >= 15 is 0 Å². The summed E-state index contributed by atoms with van der Waals surface area (Å²) in [5.41, 5.74) is 3.52. The van der Waals surface area contributed by atoms with Crippen LogP contribution in [0, 0.1) is 0 Å². The Morgan fingerprint density at radius 1 is 0.667 bits per heavy atom. The van der Waals surface area contributed by atoms with Gasteiger partial charge in [0.2, 0.25) is 0 Å². The summed E-state index contributed by atoms with van der Waals surface area (Å²) in [4.78, 5) is 0. The topological polar surface area (TPSA) is 21.3 Å². The van der Waals surface area contributed by atoms with Crippen LogP contribution in [0.5, 0.6) is 5.75 Å². The van der Waals surface area contributed by atoms with Gasteiger partial charge in [0.05, 0.1) is 0 Å². The van der Waals surface area contributed by atoms with Crippen molar-refractivity contribution in [2.45, 2.75) is 20.6 Å². The highest BCUT2D eigenvalue weighted by atomic mass is 16.5. The summed E-state index contributed by atoms with van der Waals surface area (Å²) >= 11 is 0. The fraction of sp³-hybridized carbons (Fsp3) is 0.120. The molecule has 0 amide bonds. The molecule has 4 rings (SSSR count). The van der Waals surface area contributed by atoms with E-state index in [2.05, 4.69) is 72.0 Å². The van der Waals surface area contributed by atoms with Crippen LogP contribution >= 0.6 is 0 Å². The van der Waals surface area contributed by atoms with Gasteiger partial charge in [0, 0.05) is 17.6 Å². The van der Waals surface area contributed by atoms with Crippen LogP contribution in [-0.2, 0) is 13.2 Å². The lowest BCUT2D eigenvalue weighted by Crippen LogP contribution is -2.01. The van der Waals surface area contributed by atoms with Crippen LogP contribution in [-0.4, -0.2) is 0 Å². The second kappa shape index (κ2) is 8.91. The average molecular weight is 355 g/mol. The van der Waals surface area contributed by atoms with Gasteiger partial charge in [-0.1, -0.05) is 86.3 Å². The van der Waals surface area contributed by atoms with E-state index in [-0.39, 0.29) is 7.43 Å². The lowest BCUT2D eigenvalue weighted by atomic mass is 10.1. The fourth-order valence-electron chi connectivity index (χ4n) is 3.06. The maximum absolute atomic E-state index is 5.93. The molecule has 0 atom stereocenters. The van der Waals surface area contributed by atoms with E-state index in [1.165, 1.54) is 21.9 Å². The highest BCUT2D eigenvalue weighted by Gasteiger charge is 2.02. The second-order valence-electron chi connectivity index (χ2n) is 6.30. The van der Waals surface area contributed by atoms with E-state index in [4.69, 9.17) is 4.74 Å². The summed E-state index contributed by atoms with van der Waals surface area (Å²) in [6.07, 6.45) is 0. The first-order valence-corrected chi connectivity index (χ1v) is 8.86. The zero-order chi connectivity index (χ0) is 17.6. The monoisotopic (exact) mass is 355 g/mol. The average Bonchev–Trinajstić information content (AvgIpc) is 2.72. The van der Waals surface area contributed by atoms with E-state index in [0.717, 1.165) is 18.0 Å². The number of anilines is 1. The molecule has 0 bridgehead atoms. The first-order chi connectivity index (χ1) is 12.9. The van der Waals surface area contributed by atoms with Crippen molar-refractivity contribution in [1.82, 2.24) is 0 Å². The van der Waals surface area contributed by atoms with Crippen molar-refractivity contribution < 1.29 is 4.74 Å². The van der Waals surface area contributed by atoms with Crippen LogP contribution < -0.4 is 10.1 Å². The first-order valence-electron chi connectivity index (χ1n) is 8.86. The van der Waals surface area contributed by atoms with Crippen molar-refractivity contribution in [1.29, 1.82) is 0 Å². The maximum Gasteiger partial charge on any atom is 0.120 e. The third-order valence-corrected chi connectivity index (χ3v) is 4.42. The van der Waals surface area contributed by atoms with Gasteiger partial charge in [-0.3, -0.25) is 0 Å². The summed E-state index contributed by atoms with van der Waals surface area (Å²) in [5, 5.41) is 6.04. The normalized spacial score (nSPS) is 10.2. The number of hydrogen-bond donors (Lipinski definition) is 1. The molecular formula is C25H25NO. The number of ether oxygens (including phenoxy) is 1. The zero-order valence-corrected chi connectivity index (χ0v) is 14.6. The lowest BCUT2D eigenvalue weighted by Gasteiger charge is -2.11. The van der Waals surface area contributed by atoms with E-state index in [0.29, 0.717) is 6.61 Å². The quantitative estimate of drug-likeness (QED) is 0.417. The molecule has 0 saturated heterocycles. The molecule has 0 radical (unpaired) electrons. The molecule has 0 aliphatic heterocycles. The summed E-state index contributed by atoms with van der Waals surface area (Å²) in [6, 6.07) is 33.3. The van der Waals surface area contributed by atoms with Crippen molar-refractivity contribution in [3.63, 3.8) is 0 Å². The molecule has 0 spiro atoms. The Morgan fingerprint density at radius 2 is 1.37 bits per heavy atom. The number of rotatable bonds is 6. The largest absolute Gasteiger partial charge is 0.489 e. The highest BCUT2D eigenvalue weighted by molar-refractivity contribution is 5.93. The minimum atomic E-state index is 0. The Bertz CT molecular complexity index is 990. The van der Waals surface area contributed by atoms with Crippen LogP contribution in [0.4, 0.5) is 5.69 Å². The molecule has 2 heteroatoms. The SMILES string of the molecule is C.c1ccc(COc2cccc(CNc3cccc4ccccc34)c2)cc1. The molecule has 2 nitrogen and oxygen atoms in total. The molecule has 0 heterocycles. The van der Waals surface area contributed by atoms with Gasteiger partial charge < -0.3 is 10.1 Å². The Hall–Kier alpha value is -3.26. The van der Waals surface area contributed by atoms with E-state index in [1.54, 1.807) is 0 Å². The number of fused-ring (bicyclic) bond motifs is 1. The summed E-state index contributed by atoms with van der Waals surface area (Å²) < 4.78 is 5.93. The van der Waals surface area contributed by atoms with Crippen molar-refractivity contribution in [2.24, 2.45) is 0 Å². The minimum Gasteiger partial charge on any atom is -0.489 e. The molecule has 0 unspecified atom stereocenters. The zero-order valence-electron chi connectivity index (χ0n) is 14.6. The molecule has 4 aromatic rings.